The Morgan fingerprint density at radius 1 is 1.23 bits per heavy atom. The molecule has 5 nitrogen and oxygen atoms in total. The topological polar surface area (TPSA) is 78.4 Å². The Labute approximate surface area is 189 Å². The van der Waals surface area contributed by atoms with Gasteiger partial charge in [0.25, 0.3) is 0 Å². The van der Waals surface area contributed by atoms with Crippen molar-refractivity contribution in [2.45, 2.75) is 50.6 Å². The van der Waals surface area contributed by atoms with Gasteiger partial charge in [-0.2, -0.15) is 0 Å². The van der Waals surface area contributed by atoms with Crippen LogP contribution in [0.2, 0.25) is 10.0 Å². The van der Waals surface area contributed by atoms with Crippen molar-refractivity contribution in [2.24, 2.45) is 5.41 Å². The zero-order valence-electron chi connectivity index (χ0n) is 17.3. The lowest BCUT2D eigenvalue weighted by Gasteiger charge is -2.37. The molecule has 0 bridgehead atoms. The van der Waals surface area contributed by atoms with E-state index < -0.39 is 35.2 Å². The molecule has 0 radical (unpaired) electrons. The van der Waals surface area contributed by atoms with Gasteiger partial charge in [-0.3, -0.25) is 14.9 Å². The SMILES string of the molecule is CC(C)(C)C[C@H]1N[C@@H](C(=O)O)[C@@H](c2cccc(Cl)c2F)C12C(=O)Nc1cc(Cl)ccc12. The predicted molar refractivity (Wildman–Crippen MR) is 118 cm³/mol. The van der Waals surface area contributed by atoms with Crippen LogP contribution in [0.15, 0.2) is 36.4 Å². The number of rotatable bonds is 3. The van der Waals surface area contributed by atoms with E-state index in [4.69, 9.17) is 23.2 Å². The van der Waals surface area contributed by atoms with E-state index >= 15 is 4.39 Å². The number of anilines is 1. The Hall–Kier alpha value is -2.15. The number of carboxylic acid groups (broad SMARTS) is 1. The summed E-state index contributed by atoms with van der Waals surface area (Å²) < 4.78 is 15.3. The maximum Gasteiger partial charge on any atom is 0.321 e. The van der Waals surface area contributed by atoms with Crippen LogP contribution in [0.4, 0.5) is 10.1 Å². The van der Waals surface area contributed by atoms with Gasteiger partial charge in [-0.05, 0) is 41.2 Å². The third kappa shape index (κ3) is 3.41. The molecule has 1 fully saturated rings. The molecule has 3 N–H and O–H groups in total. The Morgan fingerprint density at radius 2 is 1.94 bits per heavy atom. The van der Waals surface area contributed by atoms with E-state index in [1.807, 2.05) is 20.8 Å². The maximum atomic E-state index is 15.3. The molecule has 2 aromatic carbocycles. The second-order valence-corrected chi connectivity index (χ2v) is 10.3. The third-order valence-electron chi connectivity index (χ3n) is 6.20. The third-order valence-corrected chi connectivity index (χ3v) is 6.73. The van der Waals surface area contributed by atoms with Crippen molar-refractivity contribution in [3.63, 3.8) is 0 Å². The summed E-state index contributed by atoms with van der Waals surface area (Å²) >= 11 is 12.2. The molecule has 1 amide bonds. The van der Waals surface area contributed by atoms with Gasteiger partial charge in [-0.1, -0.05) is 62.2 Å². The van der Waals surface area contributed by atoms with Crippen molar-refractivity contribution >= 4 is 40.8 Å². The molecular formula is C23H23Cl2FN2O3. The fourth-order valence-corrected chi connectivity index (χ4v) is 5.49. The van der Waals surface area contributed by atoms with E-state index in [1.54, 1.807) is 24.3 Å². The molecule has 2 aromatic rings. The summed E-state index contributed by atoms with van der Waals surface area (Å²) in [5.74, 6) is -3.26. The van der Waals surface area contributed by atoms with Gasteiger partial charge in [0.1, 0.15) is 17.3 Å². The molecule has 0 aliphatic carbocycles. The van der Waals surface area contributed by atoms with E-state index in [1.165, 1.54) is 12.1 Å². The van der Waals surface area contributed by atoms with Crippen LogP contribution in [-0.2, 0) is 15.0 Å². The second kappa shape index (κ2) is 7.47. The first kappa shape index (κ1) is 22.1. The fourth-order valence-electron chi connectivity index (χ4n) is 5.14. The number of carboxylic acids is 1. The molecule has 2 heterocycles. The average Bonchev–Trinajstić information content (AvgIpc) is 3.12. The average molecular weight is 465 g/mol. The summed E-state index contributed by atoms with van der Waals surface area (Å²) in [4.78, 5) is 26.0. The van der Waals surface area contributed by atoms with E-state index in [2.05, 4.69) is 10.6 Å². The molecule has 2 aliphatic heterocycles. The van der Waals surface area contributed by atoms with E-state index in [0.717, 1.165) is 0 Å². The summed E-state index contributed by atoms with van der Waals surface area (Å²) in [6.45, 7) is 6.04. The molecule has 4 atom stereocenters. The first-order valence-electron chi connectivity index (χ1n) is 10.0. The number of benzene rings is 2. The zero-order valence-corrected chi connectivity index (χ0v) is 18.8. The lowest BCUT2D eigenvalue weighted by atomic mass is 9.62. The van der Waals surface area contributed by atoms with Crippen LogP contribution in [0.5, 0.6) is 0 Å². The number of amides is 1. The van der Waals surface area contributed by atoms with Crippen molar-refractivity contribution in [2.75, 3.05) is 5.32 Å². The second-order valence-electron chi connectivity index (χ2n) is 9.43. The van der Waals surface area contributed by atoms with Gasteiger partial charge in [0, 0.05) is 22.7 Å². The Morgan fingerprint density at radius 3 is 2.58 bits per heavy atom. The van der Waals surface area contributed by atoms with Crippen molar-refractivity contribution in [1.82, 2.24) is 5.32 Å². The summed E-state index contributed by atoms with van der Waals surface area (Å²) in [6.07, 6.45) is 0.491. The molecule has 4 rings (SSSR count). The normalized spacial score (nSPS) is 27.4. The van der Waals surface area contributed by atoms with Crippen LogP contribution in [-0.4, -0.2) is 29.1 Å². The summed E-state index contributed by atoms with van der Waals surface area (Å²) in [7, 11) is 0. The monoisotopic (exact) mass is 464 g/mol. The molecular weight excluding hydrogens is 442 g/mol. The number of aliphatic carboxylic acids is 1. The largest absolute Gasteiger partial charge is 0.480 e. The van der Waals surface area contributed by atoms with Gasteiger partial charge in [0.05, 0.1) is 5.02 Å². The number of carbonyl (C=O) groups is 2. The molecule has 2 aliphatic rings. The number of hydrogen-bond acceptors (Lipinski definition) is 3. The highest BCUT2D eigenvalue weighted by Gasteiger charge is 2.66. The van der Waals surface area contributed by atoms with E-state index in [-0.39, 0.29) is 21.9 Å². The maximum absolute atomic E-state index is 15.3. The highest BCUT2D eigenvalue weighted by atomic mass is 35.5. The van der Waals surface area contributed by atoms with Gasteiger partial charge in [-0.15, -0.1) is 0 Å². The standard InChI is InChI=1S/C23H23Cl2FN2O3/c1-22(2,3)10-16-23(13-8-7-11(24)9-15(13)27-21(23)31)17(19(28-16)20(29)30)12-5-4-6-14(25)18(12)26/h4-9,16-17,19,28H,10H2,1-3H3,(H,27,31)(H,29,30)/t16-,17-,19-,23?/m1/s1. The van der Waals surface area contributed by atoms with Gasteiger partial charge in [0.2, 0.25) is 5.91 Å². The van der Waals surface area contributed by atoms with E-state index in [0.29, 0.717) is 22.7 Å². The molecule has 1 spiro atoms. The number of carbonyl (C=O) groups excluding carboxylic acids is 1. The minimum atomic E-state index is -1.35. The minimum Gasteiger partial charge on any atom is -0.480 e. The van der Waals surface area contributed by atoms with Gasteiger partial charge in [-0.25, -0.2) is 4.39 Å². The molecule has 0 saturated carbocycles. The summed E-state index contributed by atoms with van der Waals surface area (Å²) in [6, 6.07) is 7.76. The highest BCUT2D eigenvalue weighted by molar-refractivity contribution is 6.31. The van der Waals surface area contributed by atoms with Crippen molar-refractivity contribution in [3.05, 3.63) is 63.4 Å². The van der Waals surface area contributed by atoms with Gasteiger partial charge in [0.15, 0.2) is 0 Å². The lowest BCUT2D eigenvalue weighted by Crippen LogP contribution is -2.49. The quantitative estimate of drug-likeness (QED) is 0.599. The molecule has 0 aromatic heterocycles. The van der Waals surface area contributed by atoms with Crippen LogP contribution < -0.4 is 10.6 Å². The molecule has 1 saturated heterocycles. The first-order valence-corrected chi connectivity index (χ1v) is 10.8. The number of halogens is 3. The van der Waals surface area contributed by atoms with E-state index in [9.17, 15) is 14.7 Å². The lowest BCUT2D eigenvalue weighted by molar-refractivity contribution is -0.139. The van der Waals surface area contributed by atoms with Crippen LogP contribution in [0, 0.1) is 11.2 Å². The minimum absolute atomic E-state index is 0.0989. The van der Waals surface area contributed by atoms with Gasteiger partial charge >= 0.3 is 5.97 Å². The fraction of sp³-hybridized carbons (Fsp3) is 0.391. The molecule has 1 unspecified atom stereocenters. The Bertz CT molecular complexity index is 1080. The summed E-state index contributed by atoms with van der Waals surface area (Å²) in [5.41, 5.74) is -0.359. The van der Waals surface area contributed by atoms with Crippen LogP contribution in [0.3, 0.4) is 0 Å². The number of fused-ring (bicyclic) bond motifs is 2. The predicted octanol–water partition coefficient (Wildman–Crippen LogP) is 4.97. The van der Waals surface area contributed by atoms with Crippen molar-refractivity contribution < 1.29 is 19.1 Å². The zero-order chi connectivity index (χ0) is 22.7. The highest BCUT2D eigenvalue weighted by Crippen LogP contribution is 2.57. The van der Waals surface area contributed by atoms with Crippen LogP contribution >= 0.6 is 23.2 Å². The first-order chi connectivity index (χ1) is 14.5. The molecule has 31 heavy (non-hydrogen) atoms. The van der Waals surface area contributed by atoms with Crippen molar-refractivity contribution in [1.29, 1.82) is 0 Å². The number of hydrogen-bond donors (Lipinski definition) is 3. The van der Waals surface area contributed by atoms with Crippen molar-refractivity contribution in [3.8, 4) is 0 Å². The summed E-state index contributed by atoms with van der Waals surface area (Å²) in [5, 5.41) is 16.4. The Kier molecular flexibility index (Phi) is 5.31. The molecule has 8 heteroatoms. The van der Waals surface area contributed by atoms with Crippen LogP contribution in [0.1, 0.15) is 44.2 Å². The smallest absolute Gasteiger partial charge is 0.321 e. The van der Waals surface area contributed by atoms with Crippen LogP contribution in [0.25, 0.3) is 0 Å². The molecule has 164 valence electrons. The van der Waals surface area contributed by atoms with Gasteiger partial charge < -0.3 is 10.4 Å². The number of nitrogens with one attached hydrogen (secondary N) is 2. The Balaban J connectivity index is 2.04.